The van der Waals surface area contributed by atoms with Crippen LogP contribution < -0.4 is 5.32 Å². The maximum absolute atomic E-state index is 12.5. The summed E-state index contributed by atoms with van der Waals surface area (Å²) < 4.78 is 0.498. The Bertz CT molecular complexity index is 598. The van der Waals surface area contributed by atoms with Crippen LogP contribution in [0.1, 0.15) is 25.7 Å². The number of hydrogen-bond donors (Lipinski definition) is 1. The largest absolute Gasteiger partial charge is 0.326 e. The first-order chi connectivity index (χ1) is 10.5. The van der Waals surface area contributed by atoms with Crippen LogP contribution in [-0.4, -0.2) is 10.2 Å². The van der Waals surface area contributed by atoms with E-state index in [1.165, 1.54) is 0 Å². The van der Waals surface area contributed by atoms with Crippen LogP contribution in [0, 0.1) is 29.6 Å². The average molecular weight is 403 g/mol. The van der Waals surface area contributed by atoms with Crippen LogP contribution in [0.25, 0.3) is 0 Å². The van der Waals surface area contributed by atoms with Gasteiger partial charge in [0.15, 0.2) is 0 Å². The van der Waals surface area contributed by atoms with Gasteiger partial charge in [0.1, 0.15) is 4.33 Å². The minimum Gasteiger partial charge on any atom is -0.326 e. The molecule has 22 heavy (non-hydrogen) atoms. The summed E-state index contributed by atoms with van der Waals surface area (Å²) in [5.74, 6) is 2.30. The summed E-state index contributed by atoms with van der Waals surface area (Å²) in [5, 5.41) is 3.06. The molecular weight excluding hydrogens is 385 g/mol. The van der Waals surface area contributed by atoms with E-state index in [9.17, 15) is 4.79 Å². The van der Waals surface area contributed by atoms with Crippen LogP contribution in [0.3, 0.4) is 0 Å². The zero-order valence-corrected chi connectivity index (χ0v) is 15.2. The van der Waals surface area contributed by atoms with Gasteiger partial charge in [-0.3, -0.25) is 4.79 Å². The molecule has 0 aromatic heterocycles. The molecule has 5 atom stereocenters. The minimum atomic E-state index is -0.481. The van der Waals surface area contributed by atoms with Gasteiger partial charge in [-0.15, -0.1) is 23.2 Å². The number of alkyl halides is 2. The molecule has 0 spiro atoms. The van der Waals surface area contributed by atoms with E-state index in [2.05, 4.69) is 21.2 Å². The standard InChI is InChI=1S/C17H18BrCl2NO/c18-9-2-1-3-10(8-9)21-16(22)15-11-4-6-13-14(17(13,19)20)7-5-12(11)15/h1-3,8,11-15H,4-7H2,(H,21,22)/t11-,12+,13-,14-,15?/m1/s1. The number of anilines is 1. The fourth-order valence-corrected chi connectivity index (χ4v) is 5.72. The molecule has 1 N–H and O–H groups in total. The highest BCUT2D eigenvalue weighted by Gasteiger charge is 2.65. The molecule has 4 rings (SSSR count). The van der Waals surface area contributed by atoms with Crippen LogP contribution in [0.15, 0.2) is 28.7 Å². The Morgan fingerprint density at radius 3 is 2.36 bits per heavy atom. The molecule has 0 saturated heterocycles. The van der Waals surface area contributed by atoms with Crippen LogP contribution >= 0.6 is 39.1 Å². The minimum absolute atomic E-state index is 0.173. The monoisotopic (exact) mass is 401 g/mol. The number of benzene rings is 1. The molecule has 1 amide bonds. The van der Waals surface area contributed by atoms with E-state index in [0.717, 1.165) is 35.8 Å². The van der Waals surface area contributed by atoms with E-state index in [1.807, 2.05) is 24.3 Å². The predicted octanol–water partition coefficient (Wildman–Crippen LogP) is 5.24. The van der Waals surface area contributed by atoms with Crippen LogP contribution in [-0.2, 0) is 4.79 Å². The summed E-state index contributed by atoms with van der Waals surface area (Å²) in [5.41, 5.74) is 0.863. The van der Waals surface area contributed by atoms with E-state index in [-0.39, 0.29) is 11.8 Å². The van der Waals surface area contributed by atoms with Gasteiger partial charge in [-0.05, 0) is 67.6 Å². The third kappa shape index (κ3) is 2.59. The van der Waals surface area contributed by atoms with Gasteiger partial charge in [0.2, 0.25) is 5.91 Å². The number of fused-ring (bicyclic) bond motifs is 2. The van der Waals surface area contributed by atoms with Crippen molar-refractivity contribution in [3.8, 4) is 0 Å². The molecule has 0 bridgehead atoms. The van der Waals surface area contributed by atoms with Gasteiger partial charge < -0.3 is 5.32 Å². The second-order valence-corrected chi connectivity index (χ2v) is 9.26. The van der Waals surface area contributed by atoms with Gasteiger partial charge in [0.05, 0.1) is 0 Å². The summed E-state index contributed by atoms with van der Waals surface area (Å²) >= 11 is 16.1. The summed E-state index contributed by atoms with van der Waals surface area (Å²) in [4.78, 5) is 12.5. The van der Waals surface area contributed by atoms with Crippen LogP contribution in [0.4, 0.5) is 5.69 Å². The Hall–Kier alpha value is -0.250. The number of carbonyl (C=O) groups excluding carboxylic acids is 1. The molecule has 1 aromatic carbocycles. The molecule has 2 nitrogen and oxygen atoms in total. The zero-order valence-electron chi connectivity index (χ0n) is 12.1. The van der Waals surface area contributed by atoms with E-state index in [1.54, 1.807) is 0 Å². The number of nitrogens with one attached hydrogen (secondary N) is 1. The van der Waals surface area contributed by atoms with E-state index in [0.29, 0.717) is 23.7 Å². The Balaban J connectivity index is 1.38. The molecule has 5 heteroatoms. The molecule has 118 valence electrons. The SMILES string of the molecule is O=C(Nc1cccc(Br)c1)C1[C@H]2CC[C@@H]3[C@@H](CC[C@@H]12)C3(Cl)Cl. The molecule has 0 aliphatic heterocycles. The lowest BCUT2D eigenvalue weighted by Crippen LogP contribution is -2.15. The fraction of sp³-hybridized carbons (Fsp3) is 0.588. The van der Waals surface area contributed by atoms with Gasteiger partial charge in [-0.2, -0.15) is 0 Å². The summed E-state index contributed by atoms with van der Waals surface area (Å²) in [7, 11) is 0. The first-order valence-electron chi connectivity index (χ1n) is 7.92. The van der Waals surface area contributed by atoms with Crippen molar-refractivity contribution in [1.29, 1.82) is 0 Å². The van der Waals surface area contributed by atoms with Gasteiger partial charge in [0, 0.05) is 16.1 Å². The van der Waals surface area contributed by atoms with Crippen molar-refractivity contribution in [3.05, 3.63) is 28.7 Å². The molecule has 3 fully saturated rings. The van der Waals surface area contributed by atoms with Gasteiger partial charge >= 0.3 is 0 Å². The van der Waals surface area contributed by atoms with Crippen molar-refractivity contribution >= 4 is 50.7 Å². The summed E-state index contributed by atoms with van der Waals surface area (Å²) in [6, 6.07) is 7.76. The molecule has 0 radical (unpaired) electrons. The van der Waals surface area contributed by atoms with Crippen LogP contribution in [0.2, 0.25) is 0 Å². The number of hydrogen-bond acceptors (Lipinski definition) is 1. The van der Waals surface area contributed by atoms with Crippen molar-refractivity contribution in [2.24, 2.45) is 29.6 Å². The Kier molecular flexibility index (Phi) is 3.75. The number of halogens is 3. The summed E-state index contributed by atoms with van der Waals surface area (Å²) in [6.07, 6.45) is 4.31. The molecule has 3 aliphatic rings. The quantitative estimate of drug-likeness (QED) is 0.673. The van der Waals surface area contributed by atoms with Crippen molar-refractivity contribution < 1.29 is 4.79 Å². The highest BCUT2D eigenvalue weighted by atomic mass is 79.9. The predicted molar refractivity (Wildman–Crippen MR) is 93.1 cm³/mol. The van der Waals surface area contributed by atoms with Crippen LogP contribution in [0.5, 0.6) is 0 Å². The maximum atomic E-state index is 12.5. The van der Waals surface area contributed by atoms with Crippen molar-refractivity contribution in [1.82, 2.24) is 0 Å². The topological polar surface area (TPSA) is 29.1 Å². The first-order valence-corrected chi connectivity index (χ1v) is 9.47. The normalized spacial score (nSPS) is 38.0. The molecule has 3 aliphatic carbocycles. The second kappa shape index (κ2) is 5.39. The number of rotatable bonds is 2. The highest BCUT2D eigenvalue weighted by Crippen LogP contribution is 2.67. The second-order valence-electron chi connectivity index (χ2n) is 6.90. The van der Waals surface area contributed by atoms with Gasteiger partial charge in [-0.1, -0.05) is 22.0 Å². The lowest BCUT2D eigenvalue weighted by Gasteiger charge is -2.05. The van der Waals surface area contributed by atoms with Gasteiger partial charge in [0.25, 0.3) is 0 Å². The molecule has 3 saturated carbocycles. The fourth-order valence-electron chi connectivity index (χ4n) is 4.40. The van der Waals surface area contributed by atoms with Crippen molar-refractivity contribution in [2.45, 2.75) is 30.0 Å². The van der Waals surface area contributed by atoms with E-state index >= 15 is 0 Å². The van der Waals surface area contributed by atoms with E-state index < -0.39 is 4.33 Å². The third-order valence-electron chi connectivity index (χ3n) is 5.71. The zero-order chi connectivity index (χ0) is 15.5. The first kappa shape index (κ1) is 15.3. The smallest absolute Gasteiger partial charge is 0.228 e. The van der Waals surface area contributed by atoms with Gasteiger partial charge in [-0.25, -0.2) is 0 Å². The number of carbonyl (C=O) groups is 1. The Labute approximate surface area is 149 Å². The Morgan fingerprint density at radius 1 is 1.14 bits per heavy atom. The molecule has 1 aromatic rings. The highest BCUT2D eigenvalue weighted by molar-refractivity contribution is 9.10. The Morgan fingerprint density at radius 2 is 1.77 bits per heavy atom. The average Bonchev–Trinajstić information content (AvgIpc) is 3.23. The molecule has 1 unspecified atom stereocenters. The molecular formula is C17H18BrCl2NO. The lowest BCUT2D eigenvalue weighted by atomic mass is 10.0. The van der Waals surface area contributed by atoms with Crippen molar-refractivity contribution in [2.75, 3.05) is 5.32 Å². The van der Waals surface area contributed by atoms with Crippen molar-refractivity contribution in [3.63, 3.8) is 0 Å². The number of amides is 1. The molecule has 0 heterocycles. The lowest BCUT2D eigenvalue weighted by molar-refractivity contribution is -0.117. The summed E-state index contributed by atoms with van der Waals surface area (Å²) in [6.45, 7) is 0. The van der Waals surface area contributed by atoms with E-state index in [4.69, 9.17) is 23.2 Å². The maximum Gasteiger partial charge on any atom is 0.228 e. The third-order valence-corrected chi connectivity index (χ3v) is 7.33.